The highest BCUT2D eigenvalue weighted by Gasteiger charge is 2.12. The molecule has 0 amide bonds. The van der Waals surface area contributed by atoms with Crippen LogP contribution in [-0.4, -0.2) is 31.1 Å². The van der Waals surface area contributed by atoms with Crippen molar-refractivity contribution in [3.8, 4) is 0 Å². The molecule has 9 heavy (non-hydrogen) atoms. The van der Waals surface area contributed by atoms with Crippen molar-refractivity contribution in [3.63, 3.8) is 0 Å². The third-order valence-electron chi connectivity index (χ3n) is 1.72. The Balaban J connectivity index is 4.11. The van der Waals surface area contributed by atoms with Gasteiger partial charge in [-0.3, -0.25) is 4.67 Å². The summed E-state index contributed by atoms with van der Waals surface area (Å²) in [7, 11) is 4.18. The van der Waals surface area contributed by atoms with Crippen molar-refractivity contribution < 1.29 is 0 Å². The SMILES string of the molecule is CCP(=S)(CC)N(C)C. The van der Waals surface area contributed by atoms with Gasteiger partial charge >= 0.3 is 0 Å². The van der Waals surface area contributed by atoms with E-state index in [0.29, 0.717) is 0 Å². The summed E-state index contributed by atoms with van der Waals surface area (Å²) in [6, 6.07) is 0. The molecule has 3 heteroatoms. The van der Waals surface area contributed by atoms with Crippen LogP contribution in [0.4, 0.5) is 0 Å². The Bertz CT molecular complexity index is 114. The van der Waals surface area contributed by atoms with Crippen LogP contribution in [0.1, 0.15) is 13.8 Å². The fraction of sp³-hybridized carbons (Fsp3) is 1.00. The van der Waals surface area contributed by atoms with Crippen molar-refractivity contribution in [2.45, 2.75) is 13.8 Å². The first-order valence-corrected chi connectivity index (χ1v) is 6.45. The quantitative estimate of drug-likeness (QED) is 0.588. The van der Waals surface area contributed by atoms with Gasteiger partial charge in [-0.05, 0) is 26.4 Å². The molecule has 0 spiro atoms. The summed E-state index contributed by atoms with van der Waals surface area (Å²) in [5.74, 6) is 0. The van der Waals surface area contributed by atoms with Crippen LogP contribution in [0.5, 0.6) is 0 Å². The zero-order chi connectivity index (χ0) is 7.49. The van der Waals surface area contributed by atoms with E-state index in [4.69, 9.17) is 11.8 Å². The molecule has 0 aromatic carbocycles. The van der Waals surface area contributed by atoms with Gasteiger partial charge in [-0.1, -0.05) is 25.7 Å². The van der Waals surface area contributed by atoms with Crippen molar-refractivity contribution in [1.82, 2.24) is 4.67 Å². The van der Waals surface area contributed by atoms with E-state index in [2.05, 4.69) is 32.6 Å². The molecular weight excluding hydrogens is 149 g/mol. The smallest absolute Gasteiger partial charge is 0.0140 e. The Kier molecular flexibility index (Phi) is 3.95. The first-order valence-electron chi connectivity index (χ1n) is 3.32. The van der Waals surface area contributed by atoms with Crippen LogP contribution >= 0.6 is 6.19 Å². The average Bonchev–Trinajstić information content (AvgIpc) is 1.86. The lowest BCUT2D eigenvalue weighted by Gasteiger charge is -2.26. The summed E-state index contributed by atoms with van der Waals surface area (Å²) >= 11 is 5.47. The molecule has 0 aliphatic rings. The second-order valence-electron chi connectivity index (χ2n) is 2.33. The van der Waals surface area contributed by atoms with E-state index in [1.807, 2.05) is 0 Å². The fourth-order valence-electron chi connectivity index (χ4n) is 0.789. The Morgan fingerprint density at radius 1 is 1.22 bits per heavy atom. The molecule has 0 atom stereocenters. The Morgan fingerprint density at radius 3 is 1.56 bits per heavy atom. The molecular formula is C6H16NPS. The summed E-state index contributed by atoms with van der Waals surface area (Å²) in [6.07, 6.45) is 1.23. The Hall–Kier alpha value is 0.610. The van der Waals surface area contributed by atoms with Gasteiger partial charge in [0, 0.05) is 6.19 Å². The van der Waals surface area contributed by atoms with Crippen LogP contribution in [-0.2, 0) is 11.8 Å². The molecule has 0 bridgehead atoms. The molecule has 0 saturated heterocycles. The first-order chi connectivity index (χ1) is 4.06. The van der Waals surface area contributed by atoms with Gasteiger partial charge < -0.3 is 0 Å². The number of hydrogen-bond acceptors (Lipinski definition) is 1. The third-order valence-corrected chi connectivity index (χ3v) is 7.68. The predicted molar refractivity (Wildman–Crippen MR) is 49.1 cm³/mol. The van der Waals surface area contributed by atoms with Gasteiger partial charge in [0.1, 0.15) is 0 Å². The molecule has 0 saturated carbocycles. The number of nitrogens with zero attached hydrogens (tertiary/aromatic N) is 1. The molecule has 0 aromatic rings. The van der Waals surface area contributed by atoms with E-state index >= 15 is 0 Å². The van der Waals surface area contributed by atoms with Crippen LogP contribution in [0.3, 0.4) is 0 Å². The zero-order valence-electron chi connectivity index (χ0n) is 6.72. The largest absolute Gasteiger partial charge is 0.281 e. The Morgan fingerprint density at radius 2 is 1.56 bits per heavy atom. The Labute approximate surface area is 63.5 Å². The second-order valence-corrected chi connectivity index (χ2v) is 8.12. The maximum Gasteiger partial charge on any atom is 0.0140 e. The molecule has 0 rings (SSSR count). The third kappa shape index (κ3) is 2.37. The van der Waals surface area contributed by atoms with Crippen LogP contribution in [0.2, 0.25) is 0 Å². The van der Waals surface area contributed by atoms with E-state index in [-0.39, 0.29) is 0 Å². The van der Waals surface area contributed by atoms with E-state index < -0.39 is 6.19 Å². The van der Waals surface area contributed by atoms with E-state index in [1.165, 1.54) is 0 Å². The molecule has 0 fully saturated rings. The lowest BCUT2D eigenvalue weighted by Crippen LogP contribution is -2.11. The maximum atomic E-state index is 5.47. The van der Waals surface area contributed by atoms with Crippen LogP contribution in [0, 0.1) is 0 Å². The van der Waals surface area contributed by atoms with E-state index in [0.717, 1.165) is 12.3 Å². The van der Waals surface area contributed by atoms with Gasteiger partial charge in [-0.15, -0.1) is 0 Å². The minimum Gasteiger partial charge on any atom is -0.281 e. The molecule has 0 N–H and O–H groups in total. The van der Waals surface area contributed by atoms with Gasteiger partial charge in [0.2, 0.25) is 0 Å². The van der Waals surface area contributed by atoms with Gasteiger partial charge in [0.05, 0.1) is 0 Å². The molecule has 0 unspecified atom stereocenters. The summed E-state index contributed by atoms with van der Waals surface area (Å²) in [5, 5.41) is 0. The van der Waals surface area contributed by atoms with Crippen molar-refractivity contribution in [2.24, 2.45) is 0 Å². The lowest BCUT2D eigenvalue weighted by molar-refractivity contribution is 0.673. The standard InChI is InChI=1S/C6H16NPS/c1-5-8(9,6-2)7(3)4/h5-6H2,1-4H3. The van der Waals surface area contributed by atoms with Gasteiger partial charge in [0.25, 0.3) is 0 Å². The highest BCUT2D eigenvalue weighted by molar-refractivity contribution is 8.13. The monoisotopic (exact) mass is 165 g/mol. The molecule has 0 radical (unpaired) electrons. The lowest BCUT2D eigenvalue weighted by atomic mass is 11.0. The molecule has 0 aliphatic heterocycles. The van der Waals surface area contributed by atoms with Crippen LogP contribution in [0.15, 0.2) is 0 Å². The maximum absolute atomic E-state index is 5.47. The summed E-state index contributed by atoms with van der Waals surface area (Å²) < 4.78 is 2.22. The normalized spacial score (nSPS) is 12.6. The van der Waals surface area contributed by atoms with Gasteiger partial charge in [-0.2, -0.15) is 0 Å². The number of hydrogen-bond donors (Lipinski definition) is 0. The van der Waals surface area contributed by atoms with Gasteiger partial charge in [-0.25, -0.2) is 0 Å². The topological polar surface area (TPSA) is 3.24 Å². The second kappa shape index (κ2) is 3.70. The highest BCUT2D eigenvalue weighted by Crippen LogP contribution is 2.46. The van der Waals surface area contributed by atoms with E-state index in [1.54, 1.807) is 0 Å². The van der Waals surface area contributed by atoms with Crippen molar-refractivity contribution in [3.05, 3.63) is 0 Å². The summed E-state index contributed by atoms with van der Waals surface area (Å²) in [5.41, 5.74) is 0. The highest BCUT2D eigenvalue weighted by atomic mass is 32.4. The molecule has 0 heterocycles. The minimum atomic E-state index is -1.09. The molecule has 1 nitrogen and oxygen atoms in total. The summed E-state index contributed by atoms with van der Waals surface area (Å²) in [4.78, 5) is 0. The predicted octanol–water partition coefficient (Wildman–Crippen LogP) is 1.98. The van der Waals surface area contributed by atoms with Crippen LogP contribution in [0.25, 0.3) is 0 Å². The zero-order valence-corrected chi connectivity index (χ0v) is 8.43. The van der Waals surface area contributed by atoms with Crippen molar-refractivity contribution >= 4 is 18.0 Å². The fourth-order valence-corrected chi connectivity index (χ4v) is 2.37. The molecule has 56 valence electrons. The average molecular weight is 165 g/mol. The minimum absolute atomic E-state index is 1.09. The van der Waals surface area contributed by atoms with E-state index in [9.17, 15) is 0 Å². The van der Waals surface area contributed by atoms with Crippen molar-refractivity contribution in [1.29, 1.82) is 0 Å². The summed E-state index contributed by atoms with van der Waals surface area (Å²) in [6.45, 7) is 4.37. The van der Waals surface area contributed by atoms with Gasteiger partial charge in [0.15, 0.2) is 0 Å². The van der Waals surface area contributed by atoms with Crippen molar-refractivity contribution in [2.75, 3.05) is 26.4 Å². The van der Waals surface area contributed by atoms with Crippen LogP contribution < -0.4 is 0 Å². The molecule has 0 aliphatic carbocycles. The number of rotatable bonds is 3. The molecule has 0 aromatic heterocycles. The first kappa shape index (κ1) is 9.61.